The Morgan fingerprint density at radius 3 is 1.31 bits per heavy atom. The molecule has 0 aliphatic carbocycles. The SMILES string of the molecule is C[N+]1(C[N+]2(C)CCCC2)CCCC1. The fraction of sp³-hybridized carbons (Fsp3) is 1.00. The molecule has 2 heteroatoms. The van der Waals surface area contributed by atoms with Crippen LogP contribution in [0.2, 0.25) is 0 Å². The second-order valence-corrected chi connectivity index (χ2v) is 5.69. The molecule has 0 aromatic carbocycles. The van der Waals surface area contributed by atoms with Crippen molar-refractivity contribution < 1.29 is 8.97 Å². The molecule has 0 aromatic heterocycles. The Labute approximate surface area is 82.3 Å². The van der Waals surface area contributed by atoms with Gasteiger partial charge in [-0.1, -0.05) is 0 Å². The van der Waals surface area contributed by atoms with Gasteiger partial charge in [0.2, 0.25) is 6.67 Å². The monoisotopic (exact) mass is 184 g/mol. The minimum absolute atomic E-state index is 1.34. The van der Waals surface area contributed by atoms with Crippen LogP contribution in [0.3, 0.4) is 0 Å². The molecule has 2 aliphatic heterocycles. The van der Waals surface area contributed by atoms with Gasteiger partial charge in [-0.2, -0.15) is 0 Å². The molecule has 0 N–H and O–H groups in total. The largest absolute Gasteiger partial charge is 0.280 e. The molecule has 2 nitrogen and oxygen atoms in total. The summed E-state index contributed by atoms with van der Waals surface area (Å²) in [5, 5.41) is 0. The molecular weight excluding hydrogens is 160 g/mol. The number of rotatable bonds is 2. The Kier molecular flexibility index (Phi) is 2.37. The van der Waals surface area contributed by atoms with Gasteiger partial charge in [-0.15, -0.1) is 0 Å². The molecule has 0 atom stereocenters. The van der Waals surface area contributed by atoms with Gasteiger partial charge < -0.3 is 0 Å². The van der Waals surface area contributed by atoms with Gasteiger partial charge >= 0.3 is 0 Å². The number of hydrogen-bond acceptors (Lipinski definition) is 0. The van der Waals surface area contributed by atoms with Crippen LogP contribution in [0.25, 0.3) is 0 Å². The van der Waals surface area contributed by atoms with E-state index in [1.165, 1.54) is 67.5 Å². The van der Waals surface area contributed by atoms with E-state index < -0.39 is 0 Å². The van der Waals surface area contributed by atoms with Crippen molar-refractivity contribution in [1.29, 1.82) is 0 Å². The first kappa shape index (κ1) is 9.47. The summed E-state index contributed by atoms with van der Waals surface area (Å²) >= 11 is 0. The van der Waals surface area contributed by atoms with Crippen molar-refractivity contribution in [3.63, 3.8) is 0 Å². The Morgan fingerprint density at radius 2 is 1.00 bits per heavy atom. The average Bonchev–Trinajstić information content (AvgIpc) is 2.60. The molecule has 2 saturated heterocycles. The first-order valence-electron chi connectivity index (χ1n) is 5.79. The Morgan fingerprint density at radius 1 is 0.692 bits per heavy atom. The maximum Gasteiger partial charge on any atom is 0.207 e. The molecule has 2 fully saturated rings. The topological polar surface area (TPSA) is 0 Å². The van der Waals surface area contributed by atoms with Crippen molar-refractivity contribution in [1.82, 2.24) is 0 Å². The van der Waals surface area contributed by atoms with Crippen LogP contribution in [-0.2, 0) is 0 Å². The number of nitrogens with zero attached hydrogens (tertiary/aromatic N) is 2. The highest BCUT2D eigenvalue weighted by Crippen LogP contribution is 2.23. The Hall–Kier alpha value is -0.0800. The molecule has 2 heterocycles. The van der Waals surface area contributed by atoms with Gasteiger partial charge in [0.15, 0.2) is 0 Å². The zero-order chi connectivity index (χ0) is 9.36. The molecule has 0 unspecified atom stereocenters. The van der Waals surface area contributed by atoms with Gasteiger partial charge in [0, 0.05) is 25.7 Å². The number of hydrogen-bond donors (Lipinski definition) is 0. The van der Waals surface area contributed by atoms with Crippen molar-refractivity contribution in [2.45, 2.75) is 25.7 Å². The van der Waals surface area contributed by atoms with Crippen LogP contribution in [-0.4, -0.2) is 55.9 Å². The summed E-state index contributed by atoms with van der Waals surface area (Å²) in [6.07, 6.45) is 5.82. The molecule has 2 aliphatic rings. The first-order chi connectivity index (χ1) is 6.12. The third-order valence-electron chi connectivity index (χ3n) is 3.97. The maximum absolute atomic E-state index is 2.45. The van der Waals surface area contributed by atoms with Crippen molar-refractivity contribution in [2.24, 2.45) is 0 Å². The van der Waals surface area contributed by atoms with Crippen LogP contribution >= 0.6 is 0 Å². The van der Waals surface area contributed by atoms with E-state index in [1.54, 1.807) is 0 Å². The summed E-state index contributed by atoms with van der Waals surface area (Å²) < 4.78 is 2.69. The van der Waals surface area contributed by atoms with Crippen molar-refractivity contribution in [2.75, 3.05) is 46.9 Å². The predicted molar refractivity (Wildman–Crippen MR) is 55.2 cm³/mol. The van der Waals surface area contributed by atoms with E-state index in [0.29, 0.717) is 0 Å². The Bertz CT molecular complexity index is 157. The molecule has 0 aromatic rings. The molecule has 0 bridgehead atoms. The summed E-state index contributed by atoms with van der Waals surface area (Å²) in [4.78, 5) is 0. The van der Waals surface area contributed by atoms with Crippen LogP contribution < -0.4 is 0 Å². The van der Waals surface area contributed by atoms with Gasteiger partial charge in [0.25, 0.3) is 0 Å². The van der Waals surface area contributed by atoms with Gasteiger partial charge in [0.05, 0.1) is 40.3 Å². The average molecular weight is 184 g/mol. The highest BCUT2D eigenvalue weighted by molar-refractivity contribution is 4.53. The lowest BCUT2D eigenvalue weighted by Crippen LogP contribution is -2.56. The van der Waals surface area contributed by atoms with E-state index in [1.807, 2.05) is 0 Å². The summed E-state index contributed by atoms with van der Waals surface area (Å²) in [6, 6.07) is 0. The van der Waals surface area contributed by atoms with Gasteiger partial charge in [-0.3, -0.25) is 8.97 Å². The third kappa shape index (κ3) is 2.05. The maximum atomic E-state index is 2.45. The van der Waals surface area contributed by atoms with E-state index in [-0.39, 0.29) is 0 Å². The minimum atomic E-state index is 1.34. The fourth-order valence-corrected chi connectivity index (χ4v) is 3.30. The normalized spacial score (nSPS) is 30.9. The van der Waals surface area contributed by atoms with Crippen molar-refractivity contribution in [3.8, 4) is 0 Å². The van der Waals surface area contributed by atoms with Crippen molar-refractivity contribution >= 4 is 0 Å². The molecule has 76 valence electrons. The summed E-state index contributed by atoms with van der Waals surface area (Å²) in [5.41, 5.74) is 0. The minimum Gasteiger partial charge on any atom is -0.280 e. The lowest BCUT2D eigenvalue weighted by atomic mass is 10.4. The lowest BCUT2D eigenvalue weighted by molar-refractivity contribution is -1.08. The van der Waals surface area contributed by atoms with E-state index >= 15 is 0 Å². The van der Waals surface area contributed by atoms with Gasteiger partial charge in [0.1, 0.15) is 0 Å². The van der Waals surface area contributed by atoms with Crippen molar-refractivity contribution in [3.05, 3.63) is 0 Å². The van der Waals surface area contributed by atoms with Gasteiger partial charge in [-0.05, 0) is 0 Å². The van der Waals surface area contributed by atoms with E-state index in [2.05, 4.69) is 14.1 Å². The van der Waals surface area contributed by atoms with Crippen LogP contribution in [0, 0.1) is 0 Å². The summed E-state index contributed by atoms with van der Waals surface area (Å²) in [7, 11) is 4.91. The van der Waals surface area contributed by atoms with Crippen LogP contribution in [0.5, 0.6) is 0 Å². The second kappa shape index (κ2) is 3.25. The van der Waals surface area contributed by atoms with E-state index in [0.717, 1.165) is 0 Å². The standard InChI is InChI=1S/C11H24N2/c1-12(7-3-4-8-12)11-13(2)9-5-6-10-13/h3-11H2,1-2H3/q+2. The Balaban J connectivity index is 1.95. The summed E-state index contributed by atoms with van der Waals surface area (Å²) in [5.74, 6) is 0. The third-order valence-corrected chi connectivity index (χ3v) is 3.97. The smallest absolute Gasteiger partial charge is 0.207 e. The molecule has 0 amide bonds. The fourth-order valence-electron chi connectivity index (χ4n) is 3.30. The second-order valence-electron chi connectivity index (χ2n) is 5.69. The lowest BCUT2D eigenvalue weighted by Gasteiger charge is -2.38. The highest BCUT2D eigenvalue weighted by atomic mass is 15.5. The number of likely N-dealkylation sites (tertiary alicyclic amines) is 2. The molecule has 13 heavy (non-hydrogen) atoms. The van der Waals surface area contributed by atoms with Crippen LogP contribution in [0.4, 0.5) is 0 Å². The first-order valence-corrected chi connectivity index (χ1v) is 5.79. The zero-order valence-electron chi connectivity index (χ0n) is 9.26. The molecule has 0 radical (unpaired) electrons. The van der Waals surface area contributed by atoms with E-state index in [9.17, 15) is 0 Å². The molecule has 2 rings (SSSR count). The quantitative estimate of drug-likeness (QED) is 0.570. The predicted octanol–water partition coefficient (Wildman–Crippen LogP) is 1.42. The van der Waals surface area contributed by atoms with E-state index in [4.69, 9.17) is 0 Å². The zero-order valence-corrected chi connectivity index (χ0v) is 9.26. The molecule has 0 saturated carbocycles. The molecule has 0 spiro atoms. The number of quaternary nitrogens is 2. The van der Waals surface area contributed by atoms with Crippen LogP contribution in [0.1, 0.15) is 25.7 Å². The van der Waals surface area contributed by atoms with Crippen LogP contribution in [0.15, 0.2) is 0 Å². The van der Waals surface area contributed by atoms with Gasteiger partial charge in [-0.25, -0.2) is 0 Å². The summed E-state index contributed by atoms with van der Waals surface area (Å²) in [6.45, 7) is 7.09. The highest BCUT2D eigenvalue weighted by Gasteiger charge is 2.38. The molecular formula is C11H24N2+2.